The number of rotatable bonds is 5. The van der Waals surface area contributed by atoms with Crippen LogP contribution in [-0.2, 0) is 16.0 Å². The van der Waals surface area contributed by atoms with E-state index in [2.05, 4.69) is 24.5 Å². The van der Waals surface area contributed by atoms with Crippen molar-refractivity contribution in [2.45, 2.75) is 59.4 Å². The minimum absolute atomic E-state index is 0.0180. The maximum atomic E-state index is 12.1. The molecule has 1 unspecified atom stereocenters. The fourth-order valence-corrected chi connectivity index (χ4v) is 3.09. The highest BCUT2D eigenvalue weighted by Gasteiger charge is 2.35. The van der Waals surface area contributed by atoms with Crippen LogP contribution >= 0.6 is 0 Å². The van der Waals surface area contributed by atoms with Gasteiger partial charge in [-0.15, -0.1) is 0 Å². The summed E-state index contributed by atoms with van der Waals surface area (Å²) in [6, 6.07) is 2.05. The van der Waals surface area contributed by atoms with Gasteiger partial charge in [0.1, 0.15) is 11.5 Å². The minimum Gasteiger partial charge on any atom is -0.466 e. The van der Waals surface area contributed by atoms with Crippen LogP contribution in [0.1, 0.15) is 63.2 Å². The fraction of sp³-hybridized carbons (Fsp3) is 0.647. The second kappa shape index (κ2) is 6.55. The molecular weight excluding hydrogens is 280 g/mol. The number of carbonyl (C=O) groups excluding carboxylic acids is 2. The Morgan fingerprint density at radius 3 is 2.82 bits per heavy atom. The molecule has 5 heteroatoms. The molecule has 5 nitrogen and oxygen atoms in total. The molecule has 2 amide bonds. The van der Waals surface area contributed by atoms with E-state index in [1.54, 1.807) is 0 Å². The first-order valence-corrected chi connectivity index (χ1v) is 7.90. The lowest BCUT2D eigenvalue weighted by atomic mass is 9.74. The van der Waals surface area contributed by atoms with Crippen molar-refractivity contribution in [2.24, 2.45) is 5.41 Å². The van der Waals surface area contributed by atoms with Gasteiger partial charge in [0.15, 0.2) is 0 Å². The summed E-state index contributed by atoms with van der Waals surface area (Å²) in [7, 11) is 0. The first-order valence-electron chi connectivity index (χ1n) is 7.90. The molecule has 0 saturated heterocycles. The van der Waals surface area contributed by atoms with Crippen molar-refractivity contribution < 1.29 is 14.0 Å². The molecule has 1 aromatic heterocycles. The number of fused-ring (bicyclic) bond motifs is 1. The van der Waals surface area contributed by atoms with Crippen molar-refractivity contribution in [1.82, 2.24) is 10.6 Å². The zero-order chi connectivity index (χ0) is 16.3. The molecule has 0 aliphatic heterocycles. The molecule has 122 valence electrons. The van der Waals surface area contributed by atoms with Crippen molar-refractivity contribution in [2.75, 3.05) is 6.54 Å². The molecule has 22 heavy (non-hydrogen) atoms. The second-order valence-electron chi connectivity index (χ2n) is 6.99. The summed E-state index contributed by atoms with van der Waals surface area (Å²) in [4.78, 5) is 22.9. The Labute approximate surface area is 131 Å². The third kappa shape index (κ3) is 4.36. The number of amides is 2. The van der Waals surface area contributed by atoms with Gasteiger partial charge in [-0.3, -0.25) is 9.59 Å². The van der Waals surface area contributed by atoms with Gasteiger partial charge < -0.3 is 15.1 Å². The molecule has 1 aliphatic rings. The van der Waals surface area contributed by atoms with E-state index in [1.165, 1.54) is 6.92 Å². The first-order chi connectivity index (χ1) is 10.3. The third-order valence-corrected chi connectivity index (χ3v) is 4.03. The van der Waals surface area contributed by atoms with E-state index in [1.807, 2.05) is 13.0 Å². The van der Waals surface area contributed by atoms with Gasteiger partial charge in [0.2, 0.25) is 11.8 Å². The van der Waals surface area contributed by atoms with Gasteiger partial charge >= 0.3 is 0 Å². The molecule has 1 heterocycles. The lowest BCUT2D eigenvalue weighted by molar-refractivity contribution is -0.123. The maximum absolute atomic E-state index is 12.1. The Balaban J connectivity index is 1.94. The van der Waals surface area contributed by atoms with Gasteiger partial charge in [-0.25, -0.2) is 0 Å². The molecule has 1 aliphatic carbocycles. The van der Waals surface area contributed by atoms with Crippen LogP contribution in [0.15, 0.2) is 10.5 Å². The molecule has 2 rings (SSSR count). The summed E-state index contributed by atoms with van der Waals surface area (Å²) in [5.74, 6) is 1.86. The molecule has 0 fully saturated rings. The Morgan fingerprint density at radius 2 is 2.14 bits per heavy atom. The van der Waals surface area contributed by atoms with Gasteiger partial charge in [-0.1, -0.05) is 13.8 Å². The van der Waals surface area contributed by atoms with Crippen LogP contribution < -0.4 is 10.6 Å². The molecule has 1 atom stereocenters. The number of furan rings is 1. The van der Waals surface area contributed by atoms with E-state index < -0.39 is 0 Å². The second-order valence-corrected chi connectivity index (χ2v) is 6.99. The van der Waals surface area contributed by atoms with E-state index in [0.717, 1.165) is 29.9 Å². The standard InChI is InChI=1S/C17H26N2O3/c1-11-8-13-14(9-17(3,4)10-15(13)22-11)19-16(21)6-5-7-18-12(2)20/h8,14H,5-7,9-10H2,1-4H3,(H,18,20)(H,19,21). The molecule has 2 N–H and O–H groups in total. The van der Waals surface area contributed by atoms with E-state index in [4.69, 9.17) is 4.42 Å². The lowest BCUT2D eigenvalue weighted by Gasteiger charge is -2.34. The van der Waals surface area contributed by atoms with Gasteiger partial charge in [-0.2, -0.15) is 0 Å². The van der Waals surface area contributed by atoms with Gasteiger partial charge in [0.05, 0.1) is 6.04 Å². The van der Waals surface area contributed by atoms with Crippen molar-refractivity contribution in [3.63, 3.8) is 0 Å². The summed E-state index contributed by atoms with van der Waals surface area (Å²) in [5.41, 5.74) is 1.23. The van der Waals surface area contributed by atoms with Gasteiger partial charge in [0, 0.05) is 31.9 Å². The Hall–Kier alpha value is -1.78. The summed E-state index contributed by atoms with van der Waals surface area (Å²) in [6.45, 7) is 8.35. The molecule has 0 bridgehead atoms. The summed E-state index contributed by atoms with van der Waals surface area (Å²) in [5, 5.41) is 5.82. The average molecular weight is 306 g/mol. The van der Waals surface area contributed by atoms with Gasteiger partial charge in [-0.05, 0) is 31.2 Å². The minimum atomic E-state index is -0.0621. The molecule has 0 spiro atoms. The monoisotopic (exact) mass is 306 g/mol. The molecular formula is C17H26N2O3. The highest BCUT2D eigenvalue weighted by Crippen LogP contribution is 2.41. The first kappa shape index (κ1) is 16.6. The summed E-state index contributed by atoms with van der Waals surface area (Å²) < 4.78 is 5.78. The van der Waals surface area contributed by atoms with Crippen LogP contribution in [0.5, 0.6) is 0 Å². The lowest BCUT2D eigenvalue weighted by Crippen LogP contribution is -2.36. The fourth-order valence-electron chi connectivity index (χ4n) is 3.09. The van der Waals surface area contributed by atoms with Crippen LogP contribution in [0.2, 0.25) is 0 Å². The Bertz CT molecular complexity index is 560. The van der Waals surface area contributed by atoms with Crippen molar-refractivity contribution in [3.8, 4) is 0 Å². The molecule has 0 aromatic carbocycles. The average Bonchev–Trinajstić information content (AvgIpc) is 2.73. The number of hydrogen-bond acceptors (Lipinski definition) is 3. The third-order valence-electron chi connectivity index (χ3n) is 4.03. The Morgan fingerprint density at radius 1 is 1.41 bits per heavy atom. The topological polar surface area (TPSA) is 71.3 Å². The number of carbonyl (C=O) groups is 2. The van der Waals surface area contributed by atoms with E-state index >= 15 is 0 Å². The maximum Gasteiger partial charge on any atom is 0.220 e. The quantitative estimate of drug-likeness (QED) is 0.822. The Kier molecular flexibility index (Phi) is 4.94. The number of nitrogens with one attached hydrogen (secondary N) is 2. The summed E-state index contributed by atoms with van der Waals surface area (Å²) >= 11 is 0. The number of hydrogen-bond donors (Lipinski definition) is 2. The molecule has 0 radical (unpaired) electrons. The van der Waals surface area contributed by atoms with E-state index in [9.17, 15) is 9.59 Å². The predicted molar refractivity (Wildman–Crippen MR) is 84.3 cm³/mol. The zero-order valence-electron chi connectivity index (χ0n) is 13.9. The summed E-state index contributed by atoms with van der Waals surface area (Å²) in [6.07, 6.45) is 2.89. The van der Waals surface area contributed by atoms with Crippen LogP contribution in [-0.4, -0.2) is 18.4 Å². The van der Waals surface area contributed by atoms with Crippen molar-refractivity contribution in [1.29, 1.82) is 0 Å². The van der Waals surface area contributed by atoms with Crippen LogP contribution in [0.4, 0.5) is 0 Å². The van der Waals surface area contributed by atoms with E-state index in [0.29, 0.717) is 19.4 Å². The van der Waals surface area contributed by atoms with Crippen LogP contribution in [0.3, 0.4) is 0 Å². The van der Waals surface area contributed by atoms with Crippen LogP contribution in [0.25, 0.3) is 0 Å². The molecule has 1 aromatic rings. The molecule has 0 saturated carbocycles. The highest BCUT2D eigenvalue weighted by molar-refractivity contribution is 5.76. The van der Waals surface area contributed by atoms with Crippen molar-refractivity contribution in [3.05, 3.63) is 23.2 Å². The van der Waals surface area contributed by atoms with Crippen LogP contribution in [0, 0.1) is 12.3 Å². The van der Waals surface area contributed by atoms with E-state index in [-0.39, 0.29) is 23.3 Å². The highest BCUT2D eigenvalue weighted by atomic mass is 16.3. The normalized spacial score (nSPS) is 19.4. The smallest absolute Gasteiger partial charge is 0.220 e. The predicted octanol–water partition coefficient (Wildman–Crippen LogP) is 2.63. The van der Waals surface area contributed by atoms with Crippen molar-refractivity contribution >= 4 is 11.8 Å². The zero-order valence-corrected chi connectivity index (χ0v) is 13.9. The van der Waals surface area contributed by atoms with Gasteiger partial charge in [0.25, 0.3) is 0 Å². The largest absolute Gasteiger partial charge is 0.466 e. The SMILES string of the molecule is CC(=O)NCCCC(=O)NC1CC(C)(C)Cc2oc(C)cc21. The number of aryl methyl sites for hydroxylation is 1.